The van der Waals surface area contributed by atoms with Crippen molar-refractivity contribution in [1.29, 1.82) is 0 Å². The number of carboxylic acid groups (broad SMARTS) is 2. The highest BCUT2D eigenvalue weighted by molar-refractivity contribution is 5.83. The molecule has 0 heterocycles. The Morgan fingerprint density at radius 3 is 1.87 bits per heavy atom. The minimum Gasteiger partial charge on any atom is -0.481 e. The lowest BCUT2D eigenvalue weighted by atomic mass is 9.98. The third-order valence-corrected chi connectivity index (χ3v) is 6.38. The lowest BCUT2D eigenvalue weighted by molar-refractivity contribution is -0.142. The maximum absolute atomic E-state index is 13.2. The van der Waals surface area contributed by atoms with E-state index in [-0.39, 0.29) is 18.9 Å². The highest BCUT2D eigenvalue weighted by Gasteiger charge is 2.28. The van der Waals surface area contributed by atoms with Crippen LogP contribution in [0.5, 0.6) is 0 Å². The second-order valence-corrected chi connectivity index (χ2v) is 9.97. The number of benzene rings is 3. The average molecular weight is 517 g/mol. The molecule has 0 aliphatic rings. The molecule has 38 heavy (non-hydrogen) atoms. The Kier molecular flexibility index (Phi) is 10.5. The predicted octanol–water partition coefficient (Wildman–Crippen LogP) is 5.35. The first-order chi connectivity index (χ1) is 18.2. The summed E-state index contributed by atoms with van der Waals surface area (Å²) in [5, 5.41) is 22.3. The van der Waals surface area contributed by atoms with E-state index in [2.05, 4.69) is 5.32 Å². The zero-order valence-corrected chi connectivity index (χ0v) is 21.9. The van der Waals surface area contributed by atoms with Gasteiger partial charge in [0.15, 0.2) is 0 Å². The second kappa shape index (κ2) is 14.0. The van der Waals surface area contributed by atoms with Crippen LogP contribution in [0, 0.1) is 11.8 Å². The molecule has 0 saturated heterocycles. The topological polar surface area (TPSA) is 107 Å². The van der Waals surface area contributed by atoms with Gasteiger partial charge in [-0.2, -0.15) is 0 Å². The maximum Gasteiger partial charge on any atom is 0.326 e. The van der Waals surface area contributed by atoms with Gasteiger partial charge in [0.25, 0.3) is 0 Å². The Balaban J connectivity index is 1.67. The molecule has 0 radical (unpaired) electrons. The lowest BCUT2D eigenvalue weighted by Gasteiger charge is -2.29. The van der Waals surface area contributed by atoms with Crippen molar-refractivity contribution in [3.63, 3.8) is 0 Å². The van der Waals surface area contributed by atoms with Gasteiger partial charge in [-0.25, -0.2) is 9.59 Å². The number of hydrogen-bond donors (Lipinski definition) is 3. The molecule has 0 saturated carbocycles. The molecule has 1 unspecified atom stereocenters. The van der Waals surface area contributed by atoms with E-state index >= 15 is 0 Å². The summed E-state index contributed by atoms with van der Waals surface area (Å²) in [5.74, 6) is -2.81. The Labute approximate surface area is 224 Å². The average Bonchev–Trinajstić information content (AvgIpc) is 2.91. The fourth-order valence-corrected chi connectivity index (χ4v) is 4.37. The second-order valence-electron chi connectivity index (χ2n) is 9.97. The van der Waals surface area contributed by atoms with Crippen LogP contribution in [0.2, 0.25) is 0 Å². The van der Waals surface area contributed by atoms with Crippen LogP contribution in [0.4, 0.5) is 4.79 Å². The Hall–Kier alpha value is -4.13. The maximum atomic E-state index is 13.2. The molecule has 2 amide bonds. The van der Waals surface area contributed by atoms with Gasteiger partial charge >= 0.3 is 18.0 Å². The normalized spacial score (nSPS) is 12.5. The number of aliphatic carboxylic acids is 2. The molecule has 3 N–H and O–H groups in total. The van der Waals surface area contributed by atoms with E-state index in [9.17, 15) is 24.6 Å². The molecule has 0 spiro atoms. The Bertz CT molecular complexity index is 1180. The number of carbonyl (C=O) groups is 3. The van der Waals surface area contributed by atoms with E-state index in [4.69, 9.17) is 0 Å². The largest absolute Gasteiger partial charge is 0.481 e. The molecule has 3 rings (SSSR count). The number of urea groups is 1. The number of aryl methyl sites for hydroxylation is 1. The van der Waals surface area contributed by atoms with Gasteiger partial charge in [0.1, 0.15) is 6.04 Å². The molecule has 0 aliphatic heterocycles. The first-order valence-corrected chi connectivity index (χ1v) is 12.9. The van der Waals surface area contributed by atoms with E-state index in [1.54, 1.807) is 0 Å². The molecule has 2 atom stereocenters. The van der Waals surface area contributed by atoms with Gasteiger partial charge < -0.3 is 20.4 Å². The molecule has 7 nitrogen and oxygen atoms in total. The van der Waals surface area contributed by atoms with Gasteiger partial charge in [0.2, 0.25) is 0 Å². The predicted molar refractivity (Wildman–Crippen MR) is 148 cm³/mol. The van der Waals surface area contributed by atoms with Crippen LogP contribution in [0.1, 0.15) is 31.4 Å². The van der Waals surface area contributed by atoms with Crippen molar-refractivity contribution in [3.05, 3.63) is 96.1 Å². The van der Waals surface area contributed by atoms with Crippen LogP contribution in [0.3, 0.4) is 0 Å². The zero-order chi connectivity index (χ0) is 27.5. The standard InChI is InChI=1S/C31H36N2O5/c1-22(2)20-33(21-27(29(34)35)18-13-23-9-5-3-6-10-23)31(38)32-28(30(36)37)19-24-14-16-26(17-15-24)25-11-7-4-8-12-25/h3-12,14-17,22,27-28H,13,18-21H2,1-2H3,(H,32,38)(H,34,35)(H,36,37)/t27?,28-/m0/s1. The van der Waals surface area contributed by atoms with Crippen molar-refractivity contribution in [2.75, 3.05) is 13.1 Å². The number of nitrogens with one attached hydrogen (secondary N) is 1. The smallest absolute Gasteiger partial charge is 0.326 e. The molecule has 0 aliphatic carbocycles. The van der Waals surface area contributed by atoms with Crippen molar-refractivity contribution in [2.45, 2.75) is 39.2 Å². The van der Waals surface area contributed by atoms with Gasteiger partial charge in [-0.05, 0) is 41.0 Å². The van der Waals surface area contributed by atoms with Crippen LogP contribution in [0.25, 0.3) is 11.1 Å². The monoisotopic (exact) mass is 516 g/mol. The van der Waals surface area contributed by atoms with E-state index < -0.39 is 29.9 Å². The Morgan fingerprint density at radius 1 is 0.737 bits per heavy atom. The summed E-state index contributed by atoms with van der Waals surface area (Å²) in [6.07, 6.45) is 1.06. The van der Waals surface area contributed by atoms with Crippen LogP contribution >= 0.6 is 0 Å². The van der Waals surface area contributed by atoms with Crippen LogP contribution in [0.15, 0.2) is 84.9 Å². The zero-order valence-electron chi connectivity index (χ0n) is 21.9. The first-order valence-electron chi connectivity index (χ1n) is 12.9. The summed E-state index contributed by atoms with van der Waals surface area (Å²) < 4.78 is 0. The van der Waals surface area contributed by atoms with E-state index in [1.165, 1.54) is 4.90 Å². The quantitative estimate of drug-likeness (QED) is 0.284. The number of rotatable bonds is 13. The first kappa shape index (κ1) is 28.4. The molecule has 0 bridgehead atoms. The van der Waals surface area contributed by atoms with Crippen molar-refractivity contribution in [1.82, 2.24) is 10.2 Å². The van der Waals surface area contributed by atoms with E-state index in [1.807, 2.05) is 98.8 Å². The summed E-state index contributed by atoms with van der Waals surface area (Å²) >= 11 is 0. The van der Waals surface area contributed by atoms with Crippen molar-refractivity contribution in [2.24, 2.45) is 11.8 Å². The highest BCUT2D eigenvalue weighted by atomic mass is 16.4. The number of carboxylic acids is 2. The van der Waals surface area contributed by atoms with Gasteiger partial charge in [-0.3, -0.25) is 4.79 Å². The van der Waals surface area contributed by atoms with E-state index in [0.717, 1.165) is 22.3 Å². The Morgan fingerprint density at radius 2 is 1.32 bits per heavy atom. The minimum atomic E-state index is -1.15. The molecular weight excluding hydrogens is 480 g/mol. The molecular formula is C31H36N2O5. The third-order valence-electron chi connectivity index (χ3n) is 6.38. The molecule has 3 aromatic rings. The van der Waals surface area contributed by atoms with Crippen molar-refractivity contribution >= 4 is 18.0 Å². The van der Waals surface area contributed by atoms with Gasteiger partial charge in [0.05, 0.1) is 5.92 Å². The van der Waals surface area contributed by atoms with Crippen LogP contribution in [-0.2, 0) is 22.4 Å². The number of carbonyl (C=O) groups excluding carboxylic acids is 1. The summed E-state index contributed by atoms with van der Waals surface area (Å²) in [6.45, 7) is 4.19. The summed E-state index contributed by atoms with van der Waals surface area (Å²) in [6, 6.07) is 25.3. The van der Waals surface area contributed by atoms with Crippen LogP contribution in [-0.4, -0.2) is 52.2 Å². The number of amides is 2. The van der Waals surface area contributed by atoms with Crippen molar-refractivity contribution < 1.29 is 24.6 Å². The molecule has 7 heteroatoms. The molecule has 200 valence electrons. The van der Waals surface area contributed by atoms with Crippen LogP contribution < -0.4 is 5.32 Å². The minimum absolute atomic E-state index is 0.00426. The highest BCUT2D eigenvalue weighted by Crippen LogP contribution is 2.20. The summed E-state index contributed by atoms with van der Waals surface area (Å²) in [5.41, 5.74) is 3.89. The lowest BCUT2D eigenvalue weighted by Crippen LogP contribution is -2.51. The SMILES string of the molecule is CC(C)CN(CC(CCc1ccccc1)C(=O)O)C(=O)N[C@@H](Cc1ccc(-c2ccccc2)cc1)C(=O)O. The summed E-state index contributed by atoms with van der Waals surface area (Å²) in [4.78, 5) is 38.7. The van der Waals surface area contributed by atoms with Gasteiger partial charge in [0, 0.05) is 19.5 Å². The molecule has 0 fully saturated rings. The van der Waals surface area contributed by atoms with Gasteiger partial charge in [-0.15, -0.1) is 0 Å². The van der Waals surface area contributed by atoms with Crippen molar-refractivity contribution in [3.8, 4) is 11.1 Å². The molecule has 3 aromatic carbocycles. The third kappa shape index (κ3) is 8.76. The number of nitrogens with zero attached hydrogens (tertiary/aromatic N) is 1. The van der Waals surface area contributed by atoms with Gasteiger partial charge in [-0.1, -0.05) is 98.8 Å². The molecule has 0 aromatic heterocycles. The number of hydrogen-bond acceptors (Lipinski definition) is 3. The fourth-order valence-electron chi connectivity index (χ4n) is 4.37. The fraction of sp³-hybridized carbons (Fsp3) is 0.323. The van der Waals surface area contributed by atoms with E-state index in [0.29, 0.717) is 19.4 Å². The summed E-state index contributed by atoms with van der Waals surface area (Å²) in [7, 11) is 0.